The van der Waals surface area contributed by atoms with Gasteiger partial charge in [0.2, 0.25) is 0 Å². The van der Waals surface area contributed by atoms with Crippen molar-refractivity contribution >= 4 is 40.7 Å². The van der Waals surface area contributed by atoms with E-state index in [4.69, 9.17) is 53.1 Å². The van der Waals surface area contributed by atoms with Crippen LogP contribution in [0.15, 0.2) is 29.2 Å². The normalized spacial score (nSPS) is 9.07. The Morgan fingerprint density at radius 2 is 1.22 bits per heavy atom. The van der Waals surface area contributed by atoms with E-state index in [-0.39, 0.29) is 7.43 Å². The quantitative estimate of drug-likeness (QED) is 0.378. The third kappa shape index (κ3) is 6.83. The van der Waals surface area contributed by atoms with Crippen molar-refractivity contribution < 1.29 is 18.9 Å². The molecule has 0 aliphatic rings. The zero-order chi connectivity index (χ0) is 19.7. The summed E-state index contributed by atoms with van der Waals surface area (Å²) in [6.45, 7) is 0. The molecule has 0 heterocycles. The molecule has 0 saturated carbocycles. The first-order valence-electron chi connectivity index (χ1n) is 7.06. The number of hydrogen-bond donors (Lipinski definition) is 1. The maximum Gasteiger partial charge on any atom is 0.162 e. The van der Waals surface area contributed by atoms with E-state index in [2.05, 4.69) is 0 Å². The van der Waals surface area contributed by atoms with Crippen LogP contribution in [-0.2, 0) is 0 Å². The number of methoxy groups -OCH3 is 4. The number of halogens is 2. The van der Waals surface area contributed by atoms with Gasteiger partial charge >= 0.3 is 0 Å². The predicted octanol–water partition coefficient (Wildman–Crippen LogP) is 5.51. The first-order valence-corrected chi connectivity index (χ1v) is 8.63. The Bertz CT molecular complexity index is 769. The van der Waals surface area contributed by atoms with Crippen molar-refractivity contribution in [3.8, 4) is 28.4 Å². The fourth-order valence-electron chi connectivity index (χ4n) is 1.83. The Labute approximate surface area is 174 Å². The minimum absolute atomic E-state index is 0. The average Bonchev–Trinajstić information content (AvgIpc) is 2.65. The van der Waals surface area contributed by atoms with Crippen LogP contribution in [0.2, 0.25) is 10.0 Å². The van der Waals surface area contributed by atoms with Crippen LogP contribution in [0.3, 0.4) is 0 Å². The molecular weight excluding hydrogens is 411 g/mol. The van der Waals surface area contributed by atoms with E-state index in [1.165, 1.54) is 14.2 Å². The number of nitrogens with zero attached hydrogens (tertiary/aromatic N) is 1. The van der Waals surface area contributed by atoms with Crippen LogP contribution in [0.4, 0.5) is 5.69 Å². The van der Waals surface area contributed by atoms with Gasteiger partial charge in [-0.1, -0.05) is 30.6 Å². The van der Waals surface area contributed by atoms with Gasteiger partial charge in [0.15, 0.2) is 23.0 Å². The predicted molar refractivity (Wildman–Crippen MR) is 112 cm³/mol. The van der Waals surface area contributed by atoms with E-state index in [0.717, 1.165) is 11.8 Å². The molecule has 0 aliphatic carbocycles. The maximum absolute atomic E-state index is 8.52. The molecule has 0 spiro atoms. The number of benzene rings is 2. The zero-order valence-electron chi connectivity index (χ0n) is 14.6. The lowest BCUT2D eigenvalue weighted by Crippen LogP contribution is -1.93. The SMILES string of the molecule is C.COc1cc(Cl)c(SC#N)cc1OC.COc1cc(N)c(Cl)cc1OC. The van der Waals surface area contributed by atoms with Crippen molar-refractivity contribution in [1.82, 2.24) is 0 Å². The lowest BCUT2D eigenvalue weighted by atomic mass is 10.3. The number of anilines is 1. The lowest BCUT2D eigenvalue weighted by Gasteiger charge is -2.09. The van der Waals surface area contributed by atoms with Crippen molar-refractivity contribution in [2.45, 2.75) is 12.3 Å². The molecule has 6 nitrogen and oxygen atoms in total. The third-order valence-electron chi connectivity index (χ3n) is 3.10. The number of thiocyanates is 1. The molecule has 2 aromatic carbocycles. The lowest BCUT2D eigenvalue weighted by molar-refractivity contribution is 0.354. The summed E-state index contributed by atoms with van der Waals surface area (Å²) in [6, 6.07) is 6.55. The highest BCUT2D eigenvalue weighted by molar-refractivity contribution is 8.03. The molecule has 0 aliphatic heterocycles. The minimum Gasteiger partial charge on any atom is -0.493 e. The molecule has 0 fully saturated rings. The Kier molecular flexibility index (Phi) is 11.3. The van der Waals surface area contributed by atoms with Crippen LogP contribution in [0.5, 0.6) is 23.0 Å². The molecule has 0 bridgehead atoms. The van der Waals surface area contributed by atoms with Crippen molar-refractivity contribution in [1.29, 1.82) is 5.26 Å². The largest absolute Gasteiger partial charge is 0.493 e. The number of hydrogen-bond acceptors (Lipinski definition) is 7. The number of ether oxygens (including phenoxy) is 4. The van der Waals surface area contributed by atoms with Gasteiger partial charge < -0.3 is 24.7 Å². The highest BCUT2D eigenvalue weighted by atomic mass is 35.5. The highest BCUT2D eigenvalue weighted by Gasteiger charge is 2.10. The van der Waals surface area contributed by atoms with Crippen molar-refractivity contribution in [3.63, 3.8) is 0 Å². The number of nitriles is 1. The van der Waals surface area contributed by atoms with E-state index in [1.54, 1.807) is 38.5 Å². The number of nitrogen functional groups attached to an aromatic ring is 1. The number of thioether (sulfide) groups is 1. The molecule has 0 atom stereocenters. The van der Waals surface area contributed by atoms with Gasteiger partial charge in [0.1, 0.15) is 5.40 Å². The summed E-state index contributed by atoms with van der Waals surface area (Å²) in [5, 5.41) is 11.4. The Morgan fingerprint density at radius 1 is 0.815 bits per heavy atom. The molecule has 0 aromatic heterocycles. The smallest absolute Gasteiger partial charge is 0.162 e. The first kappa shape index (κ1) is 24.9. The second kappa shape index (κ2) is 12.3. The summed E-state index contributed by atoms with van der Waals surface area (Å²) in [6.07, 6.45) is 0. The second-order valence-electron chi connectivity index (χ2n) is 4.56. The highest BCUT2D eigenvalue weighted by Crippen LogP contribution is 2.37. The van der Waals surface area contributed by atoms with E-state index >= 15 is 0 Å². The van der Waals surface area contributed by atoms with Crippen molar-refractivity contribution in [3.05, 3.63) is 34.3 Å². The molecule has 0 amide bonds. The average molecular weight is 433 g/mol. The van der Waals surface area contributed by atoms with E-state index in [1.807, 2.05) is 5.40 Å². The third-order valence-corrected chi connectivity index (χ3v) is 4.50. The molecule has 27 heavy (non-hydrogen) atoms. The van der Waals surface area contributed by atoms with Crippen LogP contribution >= 0.6 is 35.0 Å². The summed E-state index contributed by atoms with van der Waals surface area (Å²) in [7, 11) is 6.16. The fraction of sp³-hybridized carbons (Fsp3) is 0.278. The number of nitrogens with two attached hydrogens (primary N) is 1. The molecular formula is C18H22Cl2N2O4S. The Morgan fingerprint density at radius 3 is 1.67 bits per heavy atom. The molecule has 0 saturated heterocycles. The number of rotatable bonds is 5. The van der Waals surface area contributed by atoms with Crippen LogP contribution in [0, 0.1) is 10.7 Å². The zero-order valence-corrected chi connectivity index (χ0v) is 17.0. The monoisotopic (exact) mass is 432 g/mol. The molecule has 9 heteroatoms. The first-order chi connectivity index (χ1) is 12.4. The van der Waals surface area contributed by atoms with Crippen LogP contribution in [-0.4, -0.2) is 28.4 Å². The Balaban J connectivity index is 0.000000488. The summed E-state index contributed by atoms with van der Waals surface area (Å²) >= 11 is 12.7. The topological polar surface area (TPSA) is 86.7 Å². The summed E-state index contributed by atoms with van der Waals surface area (Å²) in [4.78, 5) is 0.659. The van der Waals surface area contributed by atoms with Gasteiger partial charge in [-0.3, -0.25) is 0 Å². The minimum atomic E-state index is 0. The standard InChI is InChI=1S/C9H8ClNO2S.C8H10ClNO2.CH4/c1-12-7-3-6(10)9(14-5-11)4-8(7)13-2;1-11-7-3-5(9)6(10)4-8(7)12-2;/h3-4H,1-2H3;3-4H,10H2,1-2H3;1H4. The van der Waals surface area contributed by atoms with Gasteiger partial charge in [0, 0.05) is 29.2 Å². The molecule has 0 radical (unpaired) electrons. The molecule has 2 rings (SSSR count). The Hall–Kier alpha value is -2.14. The summed E-state index contributed by atoms with van der Waals surface area (Å²) in [5.74, 6) is 2.28. The van der Waals surface area contributed by atoms with Gasteiger partial charge in [-0.05, 0) is 11.8 Å². The van der Waals surface area contributed by atoms with Gasteiger partial charge in [0.25, 0.3) is 0 Å². The fourth-order valence-corrected chi connectivity index (χ4v) is 2.68. The van der Waals surface area contributed by atoms with Gasteiger partial charge in [-0.2, -0.15) is 5.26 Å². The van der Waals surface area contributed by atoms with Gasteiger partial charge in [0.05, 0.1) is 44.2 Å². The molecule has 148 valence electrons. The van der Waals surface area contributed by atoms with E-state index in [0.29, 0.717) is 43.6 Å². The van der Waals surface area contributed by atoms with E-state index in [9.17, 15) is 0 Å². The van der Waals surface area contributed by atoms with Gasteiger partial charge in [-0.15, -0.1) is 0 Å². The van der Waals surface area contributed by atoms with Crippen molar-refractivity contribution in [2.75, 3.05) is 34.2 Å². The van der Waals surface area contributed by atoms with Gasteiger partial charge in [-0.25, -0.2) is 0 Å². The van der Waals surface area contributed by atoms with Crippen LogP contribution in [0.1, 0.15) is 7.43 Å². The second-order valence-corrected chi connectivity index (χ2v) is 6.20. The van der Waals surface area contributed by atoms with Crippen molar-refractivity contribution in [2.24, 2.45) is 0 Å². The maximum atomic E-state index is 8.52. The van der Waals surface area contributed by atoms with Crippen LogP contribution in [0.25, 0.3) is 0 Å². The van der Waals surface area contributed by atoms with E-state index < -0.39 is 0 Å². The summed E-state index contributed by atoms with van der Waals surface area (Å²) < 4.78 is 20.1. The van der Waals surface area contributed by atoms with Crippen LogP contribution < -0.4 is 24.7 Å². The molecule has 2 aromatic rings. The molecule has 2 N–H and O–H groups in total. The summed E-state index contributed by atoms with van der Waals surface area (Å²) in [5.41, 5.74) is 6.03. The molecule has 0 unspecified atom stereocenters.